The Morgan fingerprint density at radius 2 is 2.22 bits per heavy atom. The van der Waals surface area contributed by atoms with Crippen LogP contribution in [0.2, 0.25) is 0 Å². The second kappa shape index (κ2) is 7.09. The number of hydrogen-bond donors (Lipinski definition) is 3. The Morgan fingerprint density at radius 1 is 1.48 bits per heavy atom. The van der Waals surface area contributed by atoms with Crippen LogP contribution in [-0.4, -0.2) is 44.9 Å². The molecule has 0 spiro atoms. The summed E-state index contributed by atoms with van der Waals surface area (Å²) >= 11 is 1.09. The van der Waals surface area contributed by atoms with E-state index in [0.717, 1.165) is 11.8 Å². The van der Waals surface area contributed by atoms with Crippen molar-refractivity contribution in [1.82, 2.24) is 5.32 Å². The molecule has 0 unspecified atom stereocenters. The van der Waals surface area contributed by atoms with Gasteiger partial charge in [-0.1, -0.05) is 6.07 Å². The Balaban J connectivity index is 1.93. The highest BCUT2D eigenvalue weighted by atomic mass is 32.2. The second-order valence-electron chi connectivity index (χ2n) is 4.78. The summed E-state index contributed by atoms with van der Waals surface area (Å²) in [5.41, 5.74) is 0.103. The number of benzene rings is 1. The molecule has 122 valence electrons. The van der Waals surface area contributed by atoms with Gasteiger partial charge in [-0.05, 0) is 6.07 Å². The quantitative estimate of drug-likeness (QED) is 0.527. The van der Waals surface area contributed by atoms with Crippen LogP contribution >= 0.6 is 11.8 Å². The molecule has 2 amide bonds. The SMILES string of the molecule is O=C(C[C@H]1SC[C@@H](C(=O)O)NC1=O)Nc1cccc([N+](=O)[O-])c1. The fraction of sp³-hybridized carbons (Fsp3) is 0.308. The van der Waals surface area contributed by atoms with Crippen molar-refractivity contribution >= 4 is 40.9 Å². The van der Waals surface area contributed by atoms with Crippen molar-refractivity contribution in [2.75, 3.05) is 11.1 Å². The van der Waals surface area contributed by atoms with Gasteiger partial charge >= 0.3 is 5.97 Å². The lowest BCUT2D eigenvalue weighted by Crippen LogP contribution is -2.51. The topological polar surface area (TPSA) is 139 Å². The van der Waals surface area contributed by atoms with Crippen LogP contribution < -0.4 is 10.6 Å². The fourth-order valence-corrected chi connectivity index (χ4v) is 3.10. The lowest BCUT2D eigenvalue weighted by Gasteiger charge is -2.25. The summed E-state index contributed by atoms with van der Waals surface area (Å²) in [5, 5.41) is 23.6. The Bertz CT molecular complexity index is 665. The summed E-state index contributed by atoms with van der Waals surface area (Å²) in [4.78, 5) is 44.6. The molecule has 1 aromatic rings. The van der Waals surface area contributed by atoms with Crippen LogP contribution in [0.5, 0.6) is 0 Å². The lowest BCUT2D eigenvalue weighted by atomic mass is 10.2. The van der Waals surface area contributed by atoms with Gasteiger partial charge < -0.3 is 15.7 Å². The number of nitro groups is 1. The molecule has 2 atom stereocenters. The van der Waals surface area contributed by atoms with Gasteiger partial charge in [0.1, 0.15) is 6.04 Å². The van der Waals surface area contributed by atoms with E-state index in [0.29, 0.717) is 0 Å². The number of non-ortho nitro benzene ring substituents is 1. The monoisotopic (exact) mass is 339 g/mol. The maximum absolute atomic E-state index is 11.9. The number of nitro benzene ring substituents is 1. The van der Waals surface area contributed by atoms with E-state index in [-0.39, 0.29) is 23.5 Å². The summed E-state index contributed by atoms with van der Waals surface area (Å²) in [6.45, 7) is 0. The molecule has 0 bridgehead atoms. The number of carbonyl (C=O) groups is 3. The summed E-state index contributed by atoms with van der Waals surface area (Å²) in [6.07, 6.45) is -0.147. The first-order valence-electron chi connectivity index (χ1n) is 6.56. The van der Waals surface area contributed by atoms with Crippen molar-refractivity contribution in [3.8, 4) is 0 Å². The molecule has 10 heteroatoms. The van der Waals surface area contributed by atoms with Crippen LogP contribution in [0.25, 0.3) is 0 Å². The van der Waals surface area contributed by atoms with Crippen molar-refractivity contribution in [3.63, 3.8) is 0 Å². The predicted molar refractivity (Wildman–Crippen MR) is 82.2 cm³/mol. The summed E-state index contributed by atoms with van der Waals surface area (Å²) in [7, 11) is 0. The number of hydrogen-bond acceptors (Lipinski definition) is 6. The smallest absolute Gasteiger partial charge is 0.327 e. The van der Waals surface area contributed by atoms with E-state index in [1.54, 1.807) is 0 Å². The van der Waals surface area contributed by atoms with Gasteiger partial charge in [0.2, 0.25) is 11.8 Å². The van der Waals surface area contributed by atoms with Gasteiger partial charge in [0.15, 0.2) is 0 Å². The number of carboxylic acid groups (broad SMARTS) is 1. The third kappa shape index (κ3) is 4.42. The first-order valence-corrected chi connectivity index (χ1v) is 7.61. The molecule has 0 aromatic heterocycles. The maximum atomic E-state index is 11.9. The average Bonchev–Trinajstić information content (AvgIpc) is 2.49. The van der Waals surface area contributed by atoms with Crippen LogP contribution in [0, 0.1) is 10.1 Å². The molecule has 1 fully saturated rings. The van der Waals surface area contributed by atoms with Crippen molar-refractivity contribution < 1.29 is 24.4 Å². The largest absolute Gasteiger partial charge is 0.480 e. The minimum atomic E-state index is -1.12. The highest BCUT2D eigenvalue weighted by Gasteiger charge is 2.33. The van der Waals surface area contributed by atoms with Gasteiger partial charge in [-0.3, -0.25) is 19.7 Å². The highest BCUT2D eigenvalue weighted by Crippen LogP contribution is 2.22. The molecule has 1 heterocycles. The molecular weight excluding hydrogens is 326 g/mol. The van der Waals surface area contributed by atoms with Gasteiger partial charge in [0.05, 0.1) is 10.2 Å². The van der Waals surface area contributed by atoms with Crippen molar-refractivity contribution in [2.24, 2.45) is 0 Å². The van der Waals surface area contributed by atoms with E-state index < -0.39 is 34.0 Å². The molecule has 23 heavy (non-hydrogen) atoms. The van der Waals surface area contributed by atoms with Gasteiger partial charge in [-0.25, -0.2) is 4.79 Å². The molecule has 1 aliphatic rings. The summed E-state index contributed by atoms with van der Waals surface area (Å²) in [6, 6.07) is 4.49. The van der Waals surface area contributed by atoms with Crippen LogP contribution in [0.3, 0.4) is 0 Å². The van der Waals surface area contributed by atoms with E-state index in [1.807, 2.05) is 0 Å². The molecule has 2 rings (SSSR count). The number of nitrogens with zero attached hydrogens (tertiary/aromatic N) is 1. The number of carboxylic acids is 1. The second-order valence-corrected chi connectivity index (χ2v) is 6.02. The van der Waals surface area contributed by atoms with E-state index in [1.165, 1.54) is 24.3 Å². The Kier molecular flexibility index (Phi) is 5.16. The average molecular weight is 339 g/mol. The normalized spacial score (nSPS) is 20.4. The zero-order chi connectivity index (χ0) is 17.0. The van der Waals surface area contributed by atoms with E-state index in [2.05, 4.69) is 10.6 Å². The molecule has 9 nitrogen and oxygen atoms in total. The first kappa shape index (κ1) is 16.7. The molecular formula is C13H13N3O6S. The third-order valence-electron chi connectivity index (χ3n) is 3.08. The van der Waals surface area contributed by atoms with Crippen LogP contribution in [0.4, 0.5) is 11.4 Å². The molecule has 0 radical (unpaired) electrons. The number of rotatable bonds is 5. The first-order chi connectivity index (χ1) is 10.9. The number of nitrogens with one attached hydrogen (secondary N) is 2. The van der Waals surface area contributed by atoms with Gasteiger partial charge in [0, 0.05) is 30.0 Å². The molecule has 1 aromatic carbocycles. The molecule has 3 N–H and O–H groups in total. The number of anilines is 1. The minimum absolute atomic E-state index is 0.147. The Hall–Kier alpha value is -2.62. The van der Waals surface area contributed by atoms with Crippen LogP contribution in [-0.2, 0) is 14.4 Å². The Morgan fingerprint density at radius 3 is 2.83 bits per heavy atom. The molecule has 0 aliphatic carbocycles. The van der Waals surface area contributed by atoms with Crippen LogP contribution in [0.15, 0.2) is 24.3 Å². The minimum Gasteiger partial charge on any atom is -0.480 e. The molecule has 0 saturated carbocycles. The third-order valence-corrected chi connectivity index (χ3v) is 4.39. The number of aliphatic carboxylic acids is 1. The van der Waals surface area contributed by atoms with Gasteiger partial charge in [0.25, 0.3) is 5.69 Å². The number of amides is 2. The Labute approximate surface area is 134 Å². The van der Waals surface area contributed by atoms with Crippen molar-refractivity contribution in [2.45, 2.75) is 17.7 Å². The maximum Gasteiger partial charge on any atom is 0.327 e. The van der Waals surface area contributed by atoms with Crippen molar-refractivity contribution in [3.05, 3.63) is 34.4 Å². The van der Waals surface area contributed by atoms with E-state index in [4.69, 9.17) is 5.11 Å². The molecule has 1 aliphatic heterocycles. The van der Waals surface area contributed by atoms with E-state index >= 15 is 0 Å². The summed E-state index contributed by atoms with van der Waals surface area (Å²) < 4.78 is 0. The standard InChI is InChI=1S/C13H13N3O6S/c17-11(14-7-2-1-3-8(4-7)16(21)22)5-10-12(18)15-9(6-23-10)13(19)20/h1-4,9-10H,5-6H2,(H,14,17)(H,15,18)(H,19,20)/t9-,10+/m0/s1. The fourth-order valence-electron chi connectivity index (χ4n) is 1.96. The summed E-state index contributed by atoms with van der Waals surface area (Å²) in [5.74, 6) is -1.93. The zero-order valence-electron chi connectivity index (χ0n) is 11.7. The lowest BCUT2D eigenvalue weighted by molar-refractivity contribution is -0.384. The number of carbonyl (C=O) groups excluding carboxylic acids is 2. The van der Waals surface area contributed by atoms with Crippen LogP contribution in [0.1, 0.15) is 6.42 Å². The zero-order valence-corrected chi connectivity index (χ0v) is 12.5. The van der Waals surface area contributed by atoms with E-state index in [9.17, 15) is 24.5 Å². The highest BCUT2D eigenvalue weighted by molar-refractivity contribution is 8.00. The van der Waals surface area contributed by atoms with Crippen molar-refractivity contribution in [1.29, 1.82) is 0 Å². The predicted octanol–water partition coefficient (Wildman–Crippen LogP) is 0.608. The molecule has 1 saturated heterocycles. The number of thioether (sulfide) groups is 1. The van der Waals surface area contributed by atoms with Gasteiger partial charge in [-0.15, -0.1) is 11.8 Å². The van der Waals surface area contributed by atoms with Gasteiger partial charge in [-0.2, -0.15) is 0 Å².